The molecule has 8 heteroatoms. The highest BCUT2D eigenvalue weighted by Gasteiger charge is 2.23. The quantitative estimate of drug-likeness (QED) is 0.886. The fourth-order valence-corrected chi connectivity index (χ4v) is 2.52. The molecule has 2 rings (SSSR count). The molecule has 0 aromatic carbocycles. The van der Waals surface area contributed by atoms with Gasteiger partial charge in [-0.05, 0) is 31.9 Å². The van der Waals surface area contributed by atoms with Crippen molar-refractivity contribution in [1.82, 2.24) is 19.9 Å². The zero-order chi connectivity index (χ0) is 15.4. The number of hydrogen-bond donors (Lipinski definition) is 1. The molecule has 1 N–H and O–H groups in total. The van der Waals surface area contributed by atoms with Crippen LogP contribution in [-0.4, -0.2) is 58.5 Å². The number of carbonyl (C=O) groups excluding carboxylic acids is 1. The normalized spacial score (nSPS) is 18.8. The van der Waals surface area contributed by atoms with E-state index >= 15 is 0 Å². The molecule has 0 bridgehead atoms. The number of piperidine rings is 1. The van der Waals surface area contributed by atoms with Crippen LogP contribution in [0, 0.1) is 0 Å². The molecule has 1 fully saturated rings. The highest BCUT2D eigenvalue weighted by Crippen LogP contribution is 2.17. The second kappa shape index (κ2) is 6.89. The summed E-state index contributed by atoms with van der Waals surface area (Å²) in [4.78, 5) is 27.9. The molecule has 0 spiro atoms. The highest BCUT2D eigenvalue weighted by molar-refractivity contribution is 6.28. The monoisotopic (exact) mass is 312 g/mol. The summed E-state index contributed by atoms with van der Waals surface area (Å²) in [5.41, 5.74) is 0. The first-order valence-electron chi connectivity index (χ1n) is 7.20. The second-order valence-corrected chi connectivity index (χ2v) is 5.39. The Balaban J connectivity index is 2.11. The van der Waals surface area contributed by atoms with E-state index < -0.39 is 0 Å². The van der Waals surface area contributed by atoms with Crippen molar-refractivity contribution in [1.29, 1.82) is 0 Å². The maximum Gasteiger partial charge on any atom is 0.231 e. The van der Waals surface area contributed by atoms with E-state index in [0.29, 0.717) is 24.9 Å². The Morgan fingerprint density at radius 3 is 2.67 bits per heavy atom. The van der Waals surface area contributed by atoms with Crippen LogP contribution in [-0.2, 0) is 4.79 Å². The third kappa shape index (κ3) is 3.93. The Hall–Kier alpha value is -1.63. The van der Waals surface area contributed by atoms with E-state index in [-0.39, 0.29) is 17.2 Å². The van der Waals surface area contributed by atoms with Crippen molar-refractivity contribution in [2.45, 2.75) is 32.7 Å². The standard InChI is InChI=1S/C13H21ClN6O/c1-4-20(5-2)13-17-11(14)16-12(18-13)15-9-6-7-10(21)19(3)8-9/h9H,4-8H2,1-3H3,(H,15,16,17,18). The van der Waals surface area contributed by atoms with E-state index in [0.717, 1.165) is 19.5 Å². The smallest absolute Gasteiger partial charge is 0.231 e. The molecule has 1 unspecified atom stereocenters. The molecule has 1 aliphatic heterocycles. The minimum absolute atomic E-state index is 0.135. The molecule has 1 amide bonds. The zero-order valence-electron chi connectivity index (χ0n) is 12.6. The molecular formula is C13H21ClN6O. The first-order chi connectivity index (χ1) is 10.0. The predicted molar refractivity (Wildman–Crippen MR) is 82.7 cm³/mol. The lowest BCUT2D eigenvalue weighted by Gasteiger charge is -2.30. The third-order valence-electron chi connectivity index (χ3n) is 3.60. The molecule has 0 radical (unpaired) electrons. The van der Waals surface area contributed by atoms with Crippen molar-refractivity contribution in [3.8, 4) is 0 Å². The maximum absolute atomic E-state index is 11.5. The molecule has 1 aromatic rings. The number of nitrogens with zero attached hydrogens (tertiary/aromatic N) is 5. The van der Waals surface area contributed by atoms with Gasteiger partial charge >= 0.3 is 0 Å². The minimum Gasteiger partial charge on any atom is -0.350 e. The van der Waals surface area contributed by atoms with Crippen LogP contribution in [0.3, 0.4) is 0 Å². The van der Waals surface area contributed by atoms with Crippen LogP contribution in [0.2, 0.25) is 5.28 Å². The number of aromatic nitrogens is 3. The van der Waals surface area contributed by atoms with Gasteiger partial charge in [-0.25, -0.2) is 0 Å². The van der Waals surface area contributed by atoms with Crippen LogP contribution in [0.1, 0.15) is 26.7 Å². The zero-order valence-corrected chi connectivity index (χ0v) is 13.4. The van der Waals surface area contributed by atoms with Gasteiger partial charge in [-0.15, -0.1) is 0 Å². The summed E-state index contributed by atoms with van der Waals surface area (Å²) in [6, 6.07) is 0.135. The highest BCUT2D eigenvalue weighted by atomic mass is 35.5. The summed E-state index contributed by atoms with van der Waals surface area (Å²) in [5, 5.41) is 3.42. The maximum atomic E-state index is 11.5. The lowest BCUT2D eigenvalue weighted by atomic mass is 10.1. The van der Waals surface area contributed by atoms with E-state index in [1.165, 1.54) is 0 Å². The van der Waals surface area contributed by atoms with Gasteiger partial charge in [0.25, 0.3) is 0 Å². The largest absolute Gasteiger partial charge is 0.350 e. The van der Waals surface area contributed by atoms with Crippen molar-refractivity contribution in [3.63, 3.8) is 0 Å². The van der Waals surface area contributed by atoms with Gasteiger partial charge in [-0.3, -0.25) is 4.79 Å². The molecule has 0 saturated carbocycles. The van der Waals surface area contributed by atoms with Crippen molar-refractivity contribution in [3.05, 3.63) is 5.28 Å². The average Bonchev–Trinajstić information content (AvgIpc) is 2.44. The van der Waals surface area contributed by atoms with Gasteiger partial charge in [-0.2, -0.15) is 15.0 Å². The molecule has 1 aliphatic rings. The van der Waals surface area contributed by atoms with E-state index in [1.54, 1.807) is 11.9 Å². The number of carbonyl (C=O) groups is 1. The minimum atomic E-state index is 0.135. The number of likely N-dealkylation sites (tertiary alicyclic amines) is 1. The summed E-state index contributed by atoms with van der Waals surface area (Å²) in [5.74, 6) is 1.21. The van der Waals surface area contributed by atoms with Gasteiger partial charge in [0.2, 0.25) is 23.1 Å². The first-order valence-corrected chi connectivity index (χ1v) is 7.58. The van der Waals surface area contributed by atoms with Crippen LogP contribution in [0.4, 0.5) is 11.9 Å². The Kier molecular flexibility index (Phi) is 5.17. The SMILES string of the molecule is CCN(CC)c1nc(Cl)nc(NC2CCC(=O)N(C)C2)n1. The lowest BCUT2D eigenvalue weighted by molar-refractivity contribution is -0.132. The van der Waals surface area contributed by atoms with Gasteiger partial charge in [0.05, 0.1) is 0 Å². The molecule has 1 atom stereocenters. The van der Waals surface area contributed by atoms with E-state index in [9.17, 15) is 4.79 Å². The fourth-order valence-electron chi connectivity index (χ4n) is 2.36. The van der Waals surface area contributed by atoms with Crippen molar-refractivity contribution >= 4 is 29.4 Å². The van der Waals surface area contributed by atoms with Crippen molar-refractivity contribution < 1.29 is 4.79 Å². The second-order valence-electron chi connectivity index (χ2n) is 5.05. The topological polar surface area (TPSA) is 74.2 Å². The van der Waals surface area contributed by atoms with Gasteiger partial charge in [0.15, 0.2) is 0 Å². The first kappa shape index (κ1) is 15.8. The molecule has 2 heterocycles. The van der Waals surface area contributed by atoms with Gasteiger partial charge in [0, 0.05) is 39.1 Å². The number of halogens is 1. The fraction of sp³-hybridized carbons (Fsp3) is 0.692. The van der Waals surface area contributed by atoms with Crippen molar-refractivity contribution in [2.75, 3.05) is 36.9 Å². The summed E-state index contributed by atoms with van der Waals surface area (Å²) >= 11 is 5.98. The number of nitrogens with one attached hydrogen (secondary N) is 1. The summed E-state index contributed by atoms with van der Waals surface area (Å²) in [7, 11) is 1.80. The molecule has 116 valence electrons. The average molecular weight is 313 g/mol. The third-order valence-corrected chi connectivity index (χ3v) is 3.77. The van der Waals surface area contributed by atoms with E-state index in [4.69, 9.17) is 11.6 Å². The summed E-state index contributed by atoms with van der Waals surface area (Å²) < 4.78 is 0. The van der Waals surface area contributed by atoms with Crippen LogP contribution >= 0.6 is 11.6 Å². The van der Waals surface area contributed by atoms with Crippen LogP contribution in [0.25, 0.3) is 0 Å². The Bertz CT molecular complexity index is 507. The van der Waals surface area contributed by atoms with Gasteiger partial charge in [-0.1, -0.05) is 0 Å². The Morgan fingerprint density at radius 1 is 1.33 bits per heavy atom. The molecule has 1 aromatic heterocycles. The number of hydrogen-bond acceptors (Lipinski definition) is 6. The summed E-state index contributed by atoms with van der Waals surface area (Å²) in [6.45, 7) is 6.32. The van der Waals surface area contributed by atoms with Crippen LogP contribution in [0.15, 0.2) is 0 Å². The van der Waals surface area contributed by atoms with Crippen molar-refractivity contribution in [2.24, 2.45) is 0 Å². The van der Waals surface area contributed by atoms with Crippen LogP contribution < -0.4 is 10.2 Å². The molecule has 21 heavy (non-hydrogen) atoms. The molecule has 1 saturated heterocycles. The van der Waals surface area contributed by atoms with Gasteiger partial charge < -0.3 is 15.1 Å². The number of anilines is 2. The molecular weight excluding hydrogens is 292 g/mol. The molecule has 7 nitrogen and oxygen atoms in total. The number of rotatable bonds is 5. The summed E-state index contributed by atoms with van der Waals surface area (Å²) in [6.07, 6.45) is 1.31. The van der Waals surface area contributed by atoms with Crippen LogP contribution in [0.5, 0.6) is 0 Å². The Labute approximate surface area is 129 Å². The van der Waals surface area contributed by atoms with Gasteiger partial charge in [0.1, 0.15) is 0 Å². The predicted octanol–water partition coefficient (Wildman–Crippen LogP) is 1.40. The molecule has 0 aliphatic carbocycles. The lowest BCUT2D eigenvalue weighted by Crippen LogP contribution is -2.43. The number of amides is 1. The Morgan fingerprint density at radius 2 is 2.05 bits per heavy atom. The van der Waals surface area contributed by atoms with E-state index in [1.807, 2.05) is 18.7 Å². The van der Waals surface area contributed by atoms with E-state index in [2.05, 4.69) is 20.3 Å². The number of likely N-dealkylation sites (N-methyl/N-ethyl adjacent to an activating group) is 1.